The predicted molar refractivity (Wildman–Crippen MR) is 207 cm³/mol. The van der Waals surface area contributed by atoms with E-state index in [1.807, 2.05) is 18.9 Å². The third kappa shape index (κ3) is 11.5. The van der Waals surface area contributed by atoms with Crippen molar-refractivity contribution in [2.24, 2.45) is 5.92 Å². The molecule has 0 radical (unpaired) electrons. The van der Waals surface area contributed by atoms with Gasteiger partial charge >= 0.3 is 17.9 Å². The monoisotopic (exact) mass is 807 g/mol. The molecule has 1 aliphatic rings. The quantitative estimate of drug-likeness (QED) is 0.0420. The number of anilines is 1. The molecule has 0 saturated carbocycles. The molecule has 0 spiro atoms. The van der Waals surface area contributed by atoms with Gasteiger partial charge in [0, 0.05) is 12.6 Å². The van der Waals surface area contributed by atoms with Gasteiger partial charge in [-0.2, -0.15) is 5.06 Å². The number of hydroxylamine groups is 2. The van der Waals surface area contributed by atoms with E-state index >= 15 is 0 Å². The van der Waals surface area contributed by atoms with Crippen LogP contribution in [0.3, 0.4) is 0 Å². The predicted octanol–water partition coefficient (Wildman–Crippen LogP) is 3.84. The highest BCUT2D eigenvalue weighted by molar-refractivity contribution is 6.00. The molecular weight excluding hydrogens is 758 g/mol. The van der Waals surface area contributed by atoms with E-state index in [1.165, 1.54) is 30.3 Å². The van der Waals surface area contributed by atoms with Crippen LogP contribution in [0.5, 0.6) is 11.5 Å². The molecule has 3 unspecified atom stereocenters. The number of unbranched alkanes of at least 4 members (excludes halogenated alkanes) is 2. The smallest absolute Gasteiger partial charge is 0.363 e. The van der Waals surface area contributed by atoms with Gasteiger partial charge in [0.1, 0.15) is 29.9 Å². The van der Waals surface area contributed by atoms with Crippen molar-refractivity contribution in [2.45, 2.75) is 71.4 Å². The maximum absolute atomic E-state index is 13.6. The van der Waals surface area contributed by atoms with Gasteiger partial charge in [0.2, 0.25) is 12.3 Å². The molecule has 2 heterocycles. The van der Waals surface area contributed by atoms with E-state index in [9.17, 15) is 38.7 Å². The first-order valence-corrected chi connectivity index (χ1v) is 18.9. The van der Waals surface area contributed by atoms with E-state index in [2.05, 4.69) is 16.0 Å². The molecule has 2 aromatic carbocycles. The average molecular weight is 808 g/mol. The van der Waals surface area contributed by atoms with E-state index in [-0.39, 0.29) is 48.1 Å². The lowest BCUT2D eigenvalue weighted by atomic mass is 9.90. The number of likely N-dealkylation sites (N-methyl/N-ethyl adjacent to an activating group) is 1. The zero-order valence-corrected chi connectivity index (χ0v) is 32.8. The van der Waals surface area contributed by atoms with Gasteiger partial charge in [0.25, 0.3) is 11.8 Å². The largest absolute Gasteiger partial charge is 0.493 e. The average Bonchev–Trinajstić information content (AvgIpc) is 3.70. The molecule has 18 nitrogen and oxygen atoms in total. The summed E-state index contributed by atoms with van der Waals surface area (Å²) < 4.78 is 17.0. The number of benzene rings is 2. The van der Waals surface area contributed by atoms with Crippen LogP contribution >= 0.6 is 0 Å². The standard InChI is InChI=1S/C40H49N5O13/c1-5-8-9-10-26(29(6-2)45(23-46)58-40(54)25-12-14-32-30(19-25)44(4)17-18-56-32)36(49)41-22-42-38(51)33-16-15-31(57-33)24-11-13-27(34(20-24)55-7-3)37(50)43-28(39(52)53)21-35(47)48/h11-16,19-20,23,26,28-29H,5-10,17-18,21-22H2,1-4H3,(H,41,49)(H,42,51)(H,43,50)(H,47,48)(H,52,53). The van der Waals surface area contributed by atoms with Crippen LogP contribution in [-0.2, 0) is 24.0 Å². The van der Waals surface area contributed by atoms with Crippen molar-refractivity contribution >= 4 is 47.7 Å². The third-order valence-corrected chi connectivity index (χ3v) is 9.38. The van der Waals surface area contributed by atoms with Crippen molar-refractivity contribution in [3.63, 3.8) is 0 Å². The first-order chi connectivity index (χ1) is 27.8. The molecule has 1 aromatic heterocycles. The lowest BCUT2D eigenvalue weighted by molar-refractivity contribution is -0.171. The molecule has 1 aliphatic heterocycles. The summed E-state index contributed by atoms with van der Waals surface area (Å²) in [7, 11) is 1.87. The molecule has 18 heteroatoms. The number of carbonyl (C=O) groups is 7. The summed E-state index contributed by atoms with van der Waals surface area (Å²) in [5.41, 5.74) is 1.26. The molecule has 58 heavy (non-hydrogen) atoms. The molecule has 3 atom stereocenters. The Morgan fingerprint density at radius 3 is 2.41 bits per heavy atom. The van der Waals surface area contributed by atoms with Gasteiger partial charge < -0.3 is 49.8 Å². The van der Waals surface area contributed by atoms with Crippen LogP contribution < -0.4 is 30.3 Å². The third-order valence-electron chi connectivity index (χ3n) is 9.38. The number of aliphatic carboxylic acids is 2. The van der Waals surface area contributed by atoms with Gasteiger partial charge in [-0.3, -0.25) is 24.0 Å². The van der Waals surface area contributed by atoms with Gasteiger partial charge in [0.15, 0.2) is 5.76 Å². The Kier molecular flexibility index (Phi) is 16.0. The number of ether oxygens (including phenoxy) is 2. The number of carboxylic acid groups (broad SMARTS) is 2. The van der Waals surface area contributed by atoms with Gasteiger partial charge in [0.05, 0.1) is 55.0 Å². The number of hydrogen-bond acceptors (Lipinski definition) is 12. The fraction of sp³-hybridized carbons (Fsp3) is 0.425. The Balaban J connectivity index is 1.41. The van der Waals surface area contributed by atoms with Crippen LogP contribution in [0, 0.1) is 5.92 Å². The Labute approximate surface area is 334 Å². The minimum Gasteiger partial charge on any atom is -0.493 e. The Morgan fingerprint density at radius 1 is 0.966 bits per heavy atom. The van der Waals surface area contributed by atoms with Gasteiger partial charge in [-0.1, -0.05) is 39.2 Å². The molecule has 4 amide bonds. The van der Waals surface area contributed by atoms with Crippen molar-refractivity contribution in [2.75, 3.05) is 38.4 Å². The minimum atomic E-state index is -1.67. The second-order valence-corrected chi connectivity index (χ2v) is 13.4. The molecule has 0 bridgehead atoms. The highest BCUT2D eigenvalue weighted by Crippen LogP contribution is 2.32. The van der Waals surface area contributed by atoms with E-state index in [0.717, 1.165) is 17.9 Å². The summed E-state index contributed by atoms with van der Waals surface area (Å²) in [4.78, 5) is 95.2. The fourth-order valence-electron chi connectivity index (χ4n) is 6.34. The maximum Gasteiger partial charge on any atom is 0.363 e. The van der Waals surface area contributed by atoms with Crippen molar-refractivity contribution in [1.29, 1.82) is 0 Å². The first kappa shape index (κ1) is 44.1. The molecule has 0 saturated heterocycles. The van der Waals surface area contributed by atoms with E-state index in [0.29, 0.717) is 49.4 Å². The zero-order chi connectivity index (χ0) is 42.4. The highest BCUT2D eigenvalue weighted by Gasteiger charge is 2.34. The molecule has 5 N–H and O–H groups in total. The Hall–Kier alpha value is -6.59. The second-order valence-electron chi connectivity index (χ2n) is 13.4. The van der Waals surface area contributed by atoms with Crippen molar-refractivity contribution in [3.8, 4) is 22.8 Å². The molecule has 3 aromatic rings. The number of nitrogens with one attached hydrogen (secondary N) is 3. The normalized spacial score (nSPS) is 13.4. The lowest BCUT2D eigenvalue weighted by Gasteiger charge is -2.32. The second kappa shape index (κ2) is 21.1. The van der Waals surface area contributed by atoms with Gasteiger partial charge in [-0.05, 0) is 62.2 Å². The van der Waals surface area contributed by atoms with Crippen LogP contribution in [0.1, 0.15) is 90.6 Å². The van der Waals surface area contributed by atoms with E-state index in [4.69, 9.17) is 23.8 Å². The minimum absolute atomic E-state index is 0.0480. The molecular formula is C40H49N5O13. The number of fused-ring (bicyclic) bond motifs is 1. The Morgan fingerprint density at radius 2 is 1.74 bits per heavy atom. The maximum atomic E-state index is 13.6. The molecule has 0 fully saturated rings. The summed E-state index contributed by atoms with van der Waals surface area (Å²) in [6.45, 7) is 6.44. The first-order valence-electron chi connectivity index (χ1n) is 18.9. The fourth-order valence-corrected chi connectivity index (χ4v) is 6.34. The number of hydrogen-bond donors (Lipinski definition) is 5. The van der Waals surface area contributed by atoms with Crippen molar-refractivity contribution in [3.05, 3.63) is 65.4 Å². The highest BCUT2D eigenvalue weighted by atomic mass is 16.7. The number of carbonyl (C=O) groups excluding carboxylic acids is 5. The zero-order valence-electron chi connectivity index (χ0n) is 32.8. The summed E-state index contributed by atoms with van der Waals surface area (Å²) in [5, 5.41) is 26.7. The summed E-state index contributed by atoms with van der Waals surface area (Å²) >= 11 is 0. The van der Waals surface area contributed by atoms with Crippen LogP contribution in [0.15, 0.2) is 52.9 Å². The number of carboxylic acids is 2. The van der Waals surface area contributed by atoms with E-state index in [1.54, 1.807) is 32.0 Å². The summed E-state index contributed by atoms with van der Waals surface area (Å²) in [6.07, 6.45) is 2.57. The summed E-state index contributed by atoms with van der Waals surface area (Å²) in [6, 6.07) is 9.54. The Bertz CT molecular complexity index is 1960. The van der Waals surface area contributed by atoms with Gasteiger partial charge in [-0.25, -0.2) is 9.59 Å². The summed E-state index contributed by atoms with van der Waals surface area (Å²) in [5.74, 6) is -5.68. The van der Waals surface area contributed by atoms with E-state index < -0.39 is 60.1 Å². The van der Waals surface area contributed by atoms with Crippen LogP contribution in [0.2, 0.25) is 0 Å². The topological polar surface area (TPSA) is 243 Å². The lowest BCUT2D eigenvalue weighted by Crippen LogP contribution is -2.49. The van der Waals surface area contributed by atoms with Crippen LogP contribution in [0.4, 0.5) is 5.69 Å². The SMILES string of the molecule is CCCCCC(C(=O)NCNC(=O)c1ccc(-c2ccc(C(=O)NC(CC(=O)O)C(=O)O)c(OCC)c2)o1)C(CC)N(C=O)OC(=O)c1ccc2c(c1)N(C)CCO2. The van der Waals surface area contributed by atoms with Crippen molar-refractivity contribution < 1.29 is 62.5 Å². The van der Waals surface area contributed by atoms with Gasteiger partial charge in [-0.15, -0.1) is 0 Å². The van der Waals surface area contributed by atoms with Crippen LogP contribution in [0.25, 0.3) is 11.3 Å². The molecule has 4 rings (SSSR count). The number of amides is 4. The molecule has 312 valence electrons. The van der Waals surface area contributed by atoms with Crippen LogP contribution in [-0.4, -0.2) is 103 Å². The number of rotatable bonds is 22. The molecule has 0 aliphatic carbocycles. The van der Waals surface area contributed by atoms with Crippen molar-refractivity contribution in [1.82, 2.24) is 21.0 Å². The number of furan rings is 1. The number of nitrogens with zero attached hydrogens (tertiary/aromatic N) is 2.